The number of carboxylic acid groups (broad SMARTS) is 1. The number of nitrogen functional groups attached to an aromatic ring is 1. The molecule has 3 aromatic rings. The largest absolute Gasteiger partial charge is 0.486 e. The van der Waals surface area contributed by atoms with Crippen molar-refractivity contribution in [2.24, 2.45) is 0 Å². The van der Waals surface area contributed by atoms with Crippen LogP contribution >= 0.6 is 0 Å². The number of carboxylic acids is 1. The molecule has 0 spiro atoms. The van der Waals surface area contributed by atoms with E-state index in [-0.39, 0.29) is 12.3 Å². The van der Waals surface area contributed by atoms with Gasteiger partial charge < -0.3 is 15.6 Å². The minimum atomic E-state index is -1.09. The van der Waals surface area contributed by atoms with Gasteiger partial charge in [0.05, 0.1) is 5.52 Å². The molecule has 0 amide bonds. The Labute approximate surface area is 126 Å². The summed E-state index contributed by atoms with van der Waals surface area (Å²) in [7, 11) is 0. The Morgan fingerprint density at radius 2 is 2.00 bits per heavy atom. The first kappa shape index (κ1) is 13.9. The highest BCUT2D eigenvalue weighted by Crippen LogP contribution is 2.19. The Morgan fingerprint density at radius 3 is 2.68 bits per heavy atom. The Balaban J connectivity index is 1.96. The number of aromatic carboxylic acids is 1. The van der Waals surface area contributed by atoms with Gasteiger partial charge in [0.2, 0.25) is 0 Å². The number of imidazole rings is 1. The zero-order valence-corrected chi connectivity index (χ0v) is 12.0. The van der Waals surface area contributed by atoms with Crippen molar-refractivity contribution in [2.75, 3.05) is 5.73 Å². The van der Waals surface area contributed by atoms with Crippen molar-refractivity contribution in [3.8, 4) is 5.75 Å². The van der Waals surface area contributed by atoms with Gasteiger partial charge in [0.25, 0.3) is 0 Å². The fraction of sp³-hybridized carbons (Fsp3) is 0.125. The van der Waals surface area contributed by atoms with Crippen molar-refractivity contribution in [2.45, 2.75) is 13.5 Å². The van der Waals surface area contributed by atoms with Gasteiger partial charge in [-0.25, -0.2) is 9.78 Å². The van der Waals surface area contributed by atoms with Crippen molar-refractivity contribution in [3.63, 3.8) is 0 Å². The summed E-state index contributed by atoms with van der Waals surface area (Å²) in [5, 5.41) is 9.25. The van der Waals surface area contributed by atoms with Gasteiger partial charge in [0.1, 0.15) is 18.2 Å². The van der Waals surface area contributed by atoms with Crippen LogP contribution in [0.25, 0.3) is 5.52 Å². The standard InChI is InChI=1S/C16H15N3O3/c1-10-5-7-11(8-6-10)22-9-14-18-15(16(20)21)12-3-2-4-13(17)19(12)14/h2-8H,9,17H2,1H3,(H,20,21). The fourth-order valence-corrected chi connectivity index (χ4v) is 2.27. The summed E-state index contributed by atoms with van der Waals surface area (Å²) >= 11 is 0. The summed E-state index contributed by atoms with van der Waals surface area (Å²) in [5.41, 5.74) is 7.49. The average molecular weight is 297 g/mol. The van der Waals surface area contributed by atoms with E-state index in [0.717, 1.165) is 5.56 Å². The van der Waals surface area contributed by atoms with Crippen LogP contribution in [0.15, 0.2) is 42.5 Å². The Morgan fingerprint density at radius 1 is 1.27 bits per heavy atom. The molecule has 22 heavy (non-hydrogen) atoms. The number of anilines is 1. The number of aryl methyl sites for hydroxylation is 1. The Kier molecular flexibility index (Phi) is 3.42. The van der Waals surface area contributed by atoms with Crippen LogP contribution in [-0.4, -0.2) is 20.5 Å². The van der Waals surface area contributed by atoms with E-state index in [9.17, 15) is 9.90 Å². The van der Waals surface area contributed by atoms with Gasteiger partial charge in [-0.1, -0.05) is 23.8 Å². The van der Waals surface area contributed by atoms with Gasteiger partial charge in [0.15, 0.2) is 11.5 Å². The highest BCUT2D eigenvalue weighted by molar-refractivity contribution is 5.94. The molecule has 0 saturated carbocycles. The molecule has 0 radical (unpaired) electrons. The van der Waals surface area contributed by atoms with Crippen LogP contribution in [0, 0.1) is 6.92 Å². The first-order valence-electron chi connectivity index (χ1n) is 6.75. The molecule has 0 fully saturated rings. The van der Waals surface area contributed by atoms with Crippen molar-refractivity contribution in [1.29, 1.82) is 0 Å². The highest BCUT2D eigenvalue weighted by Gasteiger charge is 2.18. The summed E-state index contributed by atoms with van der Waals surface area (Å²) in [6.07, 6.45) is 0. The van der Waals surface area contributed by atoms with E-state index in [1.165, 1.54) is 0 Å². The minimum absolute atomic E-state index is 0.0326. The number of benzene rings is 1. The van der Waals surface area contributed by atoms with Crippen molar-refractivity contribution in [3.05, 3.63) is 59.5 Å². The van der Waals surface area contributed by atoms with E-state index in [1.807, 2.05) is 31.2 Å². The second-order valence-corrected chi connectivity index (χ2v) is 4.95. The van der Waals surface area contributed by atoms with Gasteiger partial charge in [-0.05, 0) is 31.2 Å². The smallest absolute Gasteiger partial charge is 0.356 e. The first-order chi connectivity index (χ1) is 10.6. The van der Waals surface area contributed by atoms with Crippen LogP contribution in [0.2, 0.25) is 0 Å². The van der Waals surface area contributed by atoms with Gasteiger partial charge in [0, 0.05) is 0 Å². The number of ether oxygens (including phenoxy) is 1. The second kappa shape index (κ2) is 5.40. The number of hydrogen-bond donors (Lipinski definition) is 2. The van der Waals surface area contributed by atoms with Crippen LogP contribution < -0.4 is 10.5 Å². The summed E-state index contributed by atoms with van der Waals surface area (Å²) in [4.78, 5) is 15.4. The summed E-state index contributed by atoms with van der Waals surface area (Å²) < 4.78 is 7.27. The van der Waals surface area contributed by atoms with Crippen molar-refractivity contribution in [1.82, 2.24) is 9.38 Å². The lowest BCUT2D eigenvalue weighted by Gasteiger charge is -2.07. The number of pyridine rings is 1. The van der Waals surface area contributed by atoms with Gasteiger partial charge in [-0.15, -0.1) is 0 Å². The number of nitrogens with zero attached hydrogens (tertiary/aromatic N) is 2. The third kappa shape index (κ3) is 2.46. The SMILES string of the molecule is Cc1ccc(OCc2nc(C(=O)O)c3cccc(N)n23)cc1. The minimum Gasteiger partial charge on any atom is -0.486 e. The number of aromatic nitrogens is 2. The van der Waals surface area contributed by atoms with E-state index in [0.29, 0.717) is 22.9 Å². The van der Waals surface area contributed by atoms with E-state index >= 15 is 0 Å². The van der Waals surface area contributed by atoms with Crippen molar-refractivity contribution < 1.29 is 14.6 Å². The molecule has 6 heteroatoms. The second-order valence-electron chi connectivity index (χ2n) is 4.95. The molecule has 3 rings (SSSR count). The Bertz CT molecular complexity index is 838. The molecule has 0 atom stereocenters. The molecule has 0 bridgehead atoms. The molecule has 2 aromatic heterocycles. The molecule has 0 aliphatic heterocycles. The van der Waals surface area contributed by atoms with Crippen molar-refractivity contribution >= 4 is 17.3 Å². The predicted octanol–water partition coefficient (Wildman–Crippen LogP) is 2.50. The van der Waals surface area contributed by atoms with Crippen LogP contribution in [0.3, 0.4) is 0 Å². The fourth-order valence-electron chi connectivity index (χ4n) is 2.27. The first-order valence-corrected chi connectivity index (χ1v) is 6.75. The normalized spacial score (nSPS) is 10.8. The highest BCUT2D eigenvalue weighted by atomic mass is 16.5. The predicted molar refractivity (Wildman–Crippen MR) is 82.1 cm³/mol. The van der Waals surface area contributed by atoms with Crippen LogP contribution in [0.5, 0.6) is 5.75 Å². The summed E-state index contributed by atoms with van der Waals surface area (Å²) in [6, 6.07) is 12.6. The number of hydrogen-bond acceptors (Lipinski definition) is 4. The molecule has 112 valence electrons. The number of carbonyl (C=O) groups is 1. The average Bonchev–Trinajstić information content (AvgIpc) is 2.87. The summed E-state index contributed by atoms with van der Waals surface area (Å²) in [5.74, 6) is 0.462. The maximum Gasteiger partial charge on any atom is 0.356 e. The number of nitrogens with two attached hydrogens (primary N) is 1. The molecule has 3 N–H and O–H groups in total. The lowest BCUT2D eigenvalue weighted by atomic mass is 10.2. The monoisotopic (exact) mass is 297 g/mol. The molecule has 6 nitrogen and oxygen atoms in total. The molecular formula is C16H15N3O3. The molecule has 2 heterocycles. The van der Waals surface area contributed by atoms with Gasteiger partial charge in [-0.3, -0.25) is 4.40 Å². The van der Waals surface area contributed by atoms with E-state index in [1.54, 1.807) is 22.6 Å². The lowest BCUT2D eigenvalue weighted by molar-refractivity contribution is 0.0693. The summed E-state index contributed by atoms with van der Waals surface area (Å²) in [6.45, 7) is 2.12. The zero-order chi connectivity index (χ0) is 15.7. The third-order valence-electron chi connectivity index (χ3n) is 3.35. The molecule has 0 aliphatic carbocycles. The maximum atomic E-state index is 11.3. The topological polar surface area (TPSA) is 89.8 Å². The van der Waals surface area contributed by atoms with Crippen LogP contribution in [0.4, 0.5) is 5.82 Å². The van der Waals surface area contributed by atoms with Crippen LogP contribution in [0.1, 0.15) is 21.9 Å². The van der Waals surface area contributed by atoms with Gasteiger partial charge >= 0.3 is 5.97 Å². The van der Waals surface area contributed by atoms with E-state index in [2.05, 4.69) is 4.98 Å². The van der Waals surface area contributed by atoms with E-state index in [4.69, 9.17) is 10.5 Å². The molecule has 0 saturated heterocycles. The third-order valence-corrected chi connectivity index (χ3v) is 3.35. The molecule has 1 aromatic carbocycles. The molecular weight excluding hydrogens is 282 g/mol. The Hall–Kier alpha value is -3.02. The molecule has 0 unspecified atom stereocenters. The molecule has 0 aliphatic rings. The zero-order valence-electron chi connectivity index (χ0n) is 12.0. The van der Waals surface area contributed by atoms with Gasteiger partial charge in [-0.2, -0.15) is 0 Å². The van der Waals surface area contributed by atoms with Crippen LogP contribution in [-0.2, 0) is 6.61 Å². The lowest BCUT2D eigenvalue weighted by Crippen LogP contribution is -2.04. The quantitative estimate of drug-likeness (QED) is 0.772. The number of fused-ring (bicyclic) bond motifs is 1. The number of rotatable bonds is 4. The maximum absolute atomic E-state index is 11.3. The van der Waals surface area contributed by atoms with E-state index < -0.39 is 5.97 Å².